The predicted molar refractivity (Wildman–Crippen MR) is 118 cm³/mol. The van der Waals surface area contributed by atoms with E-state index in [1.54, 1.807) is 36.4 Å². The molecule has 1 N–H and O–H groups in total. The van der Waals surface area contributed by atoms with Crippen molar-refractivity contribution in [3.63, 3.8) is 0 Å². The van der Waals surface area contributed by atoms with Gasteiger partial charge in [0.15, 0.2) is 6.61 Å². The highest BCUT2D eigenvalue weighted by Crippen LogP contribution is 2.20. The number of hydrogen-bond acceptors (Lipinski definition) is 5. The van der Waals surface area contributed by atoms with Crippen LogP contribution >= 0.6 is 0 Å². The first-order valence-electron chi connectivity index (χ1n) is 10.0. The Morgan fingerprint density at radius 1 is 0.839 bits per heavy atom. The third kappa shape index (κ3) is 7.75. The van der Waals surface area contributed by atoms with Gasteiger partial charge in [-0.25, -0.2) is 0 Å². The molecular formula is C25H24N2O4. The quantitative estimate of drug-likeness (QED) is 0.447. The first-order chi connectivity index (χ1) is 15.2. The van der Waals surface area contributed by atoms with E-state index in [-0.39, 0.29) is 12.5 Å². The molecule has 0 aromatic heterocycles. The van der Waals surface area contributed by atoms with Crippen molar-refractivity contribution in [2.24, 2.45) is 0 Å². The van der Waals surface area contributed by atoms with E-state index in [4.69, 9.17) is 19.5 Å². The third-order valence-electron chi connectivity index (χ3n) is 4.26. The molecule has 0 bridgehead atoms. The number of carbonyl (C=O) groups excluding carboxylic acids is 1. The number of nitrogens with one attached hydrogen (secondary N) is 1. The Morgan fingerprint density at radius 2 is 1.58 bits per heavy atom. The standard InChI is InChI=1S/C25H24N2O4/c26-15-4-5-16-29-24-10-6-9-21(17-24)27-25(28)19-31-23-13-11-22(12-14-23)30-18-20-7-2-1-3-8-20/h1-3,6-14,17H,4-5,16,18-19H2,(H,27,28). The number of ether oxygens (including phenoxy) is 3. The lowest BCUT2D eigenvalue weighted by molar-refractivity contribution is -0.118. The van der Waals surface area contributed by atoms with Gasteiger partial charge in [-0.1, -0.05) is 36.4 Å². The molecule has 6 nitrogen and oxygen atoms in total. The summed E-state index contributed by atoms with van der Waals surface area (Å²) in [5.74, 6) is 1.68. The molecule has 6 heteroatoms. The molecule has 31 heavy (non-hydrogen) atoms. The lowest BCUT2D eigenvalue weighted by Crippen LogP contribution is -2.20. The molecule has 0 fully saturated rings. The SMILES string of the molecule is N#CCCCOc1cccc(NC(=O)COc2ccc(OCc3ccccc3)cc2)c1. The lowest BCUT2D eigenvalue weighted by Gasteiger charge is -2.10. The molecule has 0 aliphatic carbocycles. The van der Waals surface area contributed by atoms with E-state index < -0.39 is 0 Å². The number of hydrogen-bond donors (Lipinski definition) is 1. The van der Waals surface area contributed by atoms with Gasteiger partial charge in [0.25, 0.3) is 5.91 Å². The summed E-state index contributed by atoms with van der Waals surface area (Å²) < 4.78 is 16.9. The fraction of sp³-hybridized carbons (Fsp3) is 0.200. The number of unbranched alkanes of at least 4 members (excludes halogenated alkanes) is 1. The molecule has 0 atom stereocenters. The van der Waals surface area contributed by atoms with Crippen LogP contribution in [0.15, 0.2) is 78.9 Å². The Bertz CT molecular complexity index is 998. The lowest BCUT2D eigenvalue weighted by atomic mass is 10.2. The zero-order valence-electron chi connectivity index (χ0n) is 17.1. The maximum absolute atomic E-state index is 12.2. The molecule has 3 aromatic rings. The topological polar surface area (TPSA) is 80.6 Å². The molecule has 0 aliphatic heterocycles. The largest absolute Gasteiger partial charge is 0.493 e. The number of nitriles is 1. The highest BCUT2D eigenvalue weighted by molar-refractivity contribution is 5.92. The van der Waals surface area contributed by atoms with Gasteiger partial charge in [-0.05, 0) is 48.4 Å². The highest BCUT2D eigenvalue weighted by Gasteiger charge is 2.06. The van der Waals surface area contributed by atoms with E-state index in [0.717, 1.165) is 11.3 Å². The van der Waals surface area contributed by atoms with E-state index in [1.807, 2.05) is 42.5 Å². The van der Waals surface area contributed by atoms with Crippen LogP contribution < -0.4 is 19.5 Å². The number of anilines is 1. The Morgan fingerprint density at radius 3 is 2.32 bits per heavy atom. The Hall–Kier alpha value is -3.98. The summed E-state index contributed by atoms with van der Waals surface area (Å²) in [6, 6.07) is 26.3. The number of carbonyl (C=O) groups is 1. The van der Waals surface area contributed by atoms with E-state index in [2.05, 4.69) is 11.4 Å². The van der Waals surface area contributed by atoms with Gasteiger partial charge in [-0.15, -0.1) is 0 Å². The summed E-state index contributed by atoms with van der Waals surface area (Å²) >= 11 is 0. The minimum Gasteiger partial charge on any atom is -0.493 e. The van der Waals surface area contributed by atoms with Crippen molar-refractivity contribution in [1.29, 1.82) is 5.26 Å². The Kier molecular flexibility index (Phi) is 8.33. The monoisotopic (exact) mass is 416 g/mol. The molecule has 0 unspecified atom stereocenters. The van der Waals surface area contributed by atoms with Gasteiger partial charge in [0.1, 0.15) is 23.9 Å². The van der Waals surface area contributed by atoms with Crippen molar-refractivity contribution < 1.29 is 19.0 Å². The van der Waals surface area contributed by atoms with Gasteiger partial charge in [-0.3, -0.25) is 4.79 Å². The first-order valence-corrected chi connectivity index (χ1v) is 10.0. The van der Waals surface area contributed by atoms with Crippen molar-refractivity contribution >= 4 is 11.6 Å². The van der Waals surface area contributed by atoms with Gasteiger partial charge in [0, 0.05) is 18.2 Å². The minimum atomic E-state index is -0.272. The summed E-state index contributed by atoms with van der Waals surface area (Å²) in [4.78, 5) is 12.2. The second-order valence-corrected chi connectivity index (χ2v) is 6.72. The van der Waals surface area contributed by atoms with Crippen molar-refractivity contribution in [3.8, 4) is 23.3 Å². The van der Waals surface area contributed by atoms with Crippen LogP contribution in [0, 0.1) is 11.3 Å². The fourth-order valence-electron chi connectivity index (χ4n) is 2.72. The van der Waals surface area contributed by atoms with Gasteiger partial charge in [0.05, 0.1) is 12.7 Å². The molecule has 1 amide bonds. The summed E-state index contributed by atoms with van der Waals surface area (Å²) in [5, 5.41) is 11.3. The molecule has 0 radical (unpaired) electrons. The number of nitrogens with zero attached hydrogens (tertiary/aromatic N) is 1. The molecule has 0 spiro atoms. The maximum Gasteiger partial charge on any atom is 0.262 e. The molecule has 0 aliphatic rings. The maximum atomic E-state index is 12.2. The Balaban J connectivity index is 1.41. The van der Waals surface area contributed by atoms with Gasteiger partial charge in [0.2, 0.25) is 0 Å². The van der Waals surface area contributed by atoms with Crippen LogP contribution in [-0.2, 0) is 11.4 Å². The van der Waals surface area contributed by atoms with Crippen molar-refractivity contribution in [2.75, 3.05) is 18.5 Å². The van der Waals surface area contributed by atoms with Gasteiger partial charge in [-0.2, -0.15) is 5.26 Å². The van der Waals surface area contributed by atoms with Crippen LogP contribution in [-0.4, -0.2) is 19.1 Å². The van der Waals surface area contributed by atoms with E-state index in [9.17, 15) is 4.79 Å². The van der Waals surface area contributed by atoms with Gasteiger partial charge < -0.3 is 19.5 Å². The molecule has 3 rings (SSSR count). The van der Waals surface area contributed by atoms with E-state index in [0.29, 0.717) is 43.2 Å². The molecular weight excluding hydrogens is 392 g/mol. The number of amides is 1. The summed E-state index contributed by atoms with van der Waals surface area (Å²) in [7, 11) is 0. The summed E-state index contributed by atoms with van der Waals surface area (Å²) in [6.07, 6.45) is 1.12. The number of benzene rings is 3. The second-order valence-electron chi connectivity index (χ2n) is 6.72. The Labute approximate surface area is 182 Å². The molecule has 0 saturated carbocycles. The third-order valence-corrected chi connectivity index (χ3v) is 4.26. The predicted octanol–water partition coefficient (Wildman–Crippen LogP) is 4.97. The average Bonchev–Trinajstić information content (AvgIpc) is 2.81. The number of rotatable bonds is 11. The molecule has 0 saturated heterocycles. The van der Waals surface area contributed by atoms with Crippen LogP contribution in [0.3, 0.4) is 0 Å². The van der Waals surface area contributed by atoms with Crippen molar-refractivity contribution in [2.45, 2.75) is 19.4 Å². The zero-order chi connectivity index (χ0) is 21.7. The first kappa shape index (κ1) is 21.7. The van der Waals surface area contributed by atoms with Crippen molar-refractivity contribution in [3.05, 3.63) is 84.4 Å². The molecule has 158 valence electrons. The molecule has 3 aromatic carbocycles. The summed E-state index contributed by atoms with van der Waals surface area (Å²) in [5.41, 5.74) is 1.71. The second kappa shape index (κ2) is 11.9. The summed E-state index contributed by atoms with van der Waals surface area (Å²) in [6.45, 7) is 0.834. The molecule has 0 heterocycles. The fourth-order valence-corrected chi connectivity index (χ4v) is 2.72. The average molecular weight is 416 g/mol. The van der Waals surface area contributed by atoms with Crippen LogP contribution in [0.2, 0.25) is 0 Å². The van der Waals surface area contributed by atoms with E-state index in [1.165, 1.54) is 0 Å². The normalized spacial score (nSPS) is 10.0. The minimum absolute atomic E-state index is 0.114. The van der Waals surface area contributed by atoms with Crippen LogP contribution in [0.25, 0.3) is 0 Å². The van der Waals surface area contributed by atoms with Crippen LogP contribution in [0.1, 0.15) is 18.4 Å². The van der Waals surface area contributed by atoms with Gasteiger partial charge >= 0.3 is 0 Å². The van der Waals surface area contributed by atoms with Crippen molar-refractivity contribution in [1.82, 2.24) is 0 Å². The highest BCUT2D eigenvalue weighted by atomic mass is 16.5. The zero-order valence-corrected chi connectivity index (χ0v) is 17.1. The smallest absolute Gasteiger partial charge is 0.262 e. The van der Waals surface area contributed by atoms with E-state index >= 15 is 0 Å². The van der Waals surface area contributed by atoms with Crippen LogP contribution in [0.4, 0.5) is 5.69 Å². The van der Waals surface area contributed by atoms with Crippen LogP contribution in [0.5, 0.6) is 17.2 Å².